The number of carboxylic acid groups (broad SMARTS) is 1. The number of aliphatic carboxylic acids is 1. The van der Waals surface area contributed by atoms with E-state index in [2.05, 4.69) is 5.32 Å². The molecular formula is C17H24N2O4. The summed E-state index contributed by atoms with van der Waals surface area (Å²) in [5, 5.41) is 15.8. The number of rotatable bonds is 7. The van der Waals surface area contributed by atoms with Crippen LogP contribution in [0.3, 0.4) is 0 Å². The maximum Gasteiger partial charge on any atom is 0.230 e. The summed E-state index contributed by atoms with van der Waals surface area (Å²) in [4.78, 5) is 23.5. The van der Waals surface area contributed by atoms with Crippen molar-refractivity contribution in [1.29, 1.82) is 0 Å². The van der Waals surface area contributed by atoms with Crippen LogP contribution in [-0.4, -0.2) is 31.1 Å². The number of methoxy groups -OCH3 is 1. The highest BCUT2D eigenvalue weighted by Gasteiger charge is 2.25. The number of anilines is 1. The molecule has 6 nitrogen and oxygen atoms in total. The summed E-state index contributed by atoms with van der Waals surface area (Å²) < 4.78 is 5.17. The molecule has 1 saturated carbocycles. The second kappa shape index (κ2) is 8.53. The minimum atomic E-state index is -1.19. The van der Waals surface area contributed by atoms with Crippen molar-refractivity contribution in [2.75, 3.05) is 12.4 Å². The molecule has 0 aliphatic heterocycles. The van der Waals surface area contributed by atoms with E-state index < -0.39 is 12.0 Å². The van der Waals surface area contributed by atoms with Gasteiger partial charge in [-0.25, -0.2) is 0 Å². The SMILES string of the molecule is COc1ccccc1NC(=O)C[C@@H]([NH2+]C1CCCCC1)C(=O)[O-]. The summed E-state index contributed by atoms with van der Waals surface area (Å²) in [5.41, 5.74) is 0.537. The highest BCUT2D eigenvalue weighted by Crippen LogP contribution is 2.23. The van der Waals surface area contributed by atoms with Crippen molar-refractivity contribution < 1.29 is 24.7 Å². The number of hydrogen-bond donors (Lipinski definition) is 2. The first kappa shape index (κ1) is 17.3. The molecule has 0 spiro atoms. The van der Waals surface area contributed by atoms with Crippen LogP contribution in [0.25, 0.3) is 0 Å². The van der Waals surface area contributed by atoms with Crippen LogP contribution in [-0.2, 0) is 9.59 Å². The standard InChI is InChI=1S/C17H24N2O4/c1-23-15-10-6-5-9-13(15)19-16(20)11-14(17(21)22)18-12-7-3-2-4-8-12/h5-6,9-10,12,14,18H,2-4,7-8,11H2,1H3,(H,19,20)(H,21,22)/t14-/m1/s1. The third kappa shape index (κ3) is 5.25. The first-order chi connectivity index (χ1) is 11.1. The number of carbonyl (C=O) groups excluding carboxylic acids is 2. The predicted molar refractivity (Wildman–Crippen MR) is 83.8 cm³/mol. The summed E-state index contributed by atoms with van der Waals surface area (Å²) in [6.45, 7) is 0. The van der Waals surface area contributed by atoms with Gasteiger partial charge in [-0.2, -0.15) is 0 Å². The van der Waals surface area contributed by atoms with E-state index in [4.69, 9.17) is 4.74 Å². The number of nitrogens with two attached hydrogens (primary N) is 1. The number of quaternary nitrogens is 1. The zero-order chi connectivity index (χ0) is 16.7. The lowest BCUT2D eigenvalue weighted by atomic mass is 9.94. The molecule has 0 bridgehead atoms. The van der Waals surface area contributed by atoms with Gasteiger partial charge in [0, 0.05) is 0 Å². The zero-order valence-corrected chi connectivity index (χ0v) is 13.4. The lowest BCUT2D eigenvalue weighted by molar-refractivity contribution is -0.716. The van der Waals surface area contributed by atoms with Crippen LogP contribution in [0.15, 0.2) is 24.3 Å². The molecule has 1 atom stereocenters. The lowest BCUT2D eigenvalue weighted by Gasteiger charge is -2.25. The Morgan fingerprint density at radius 2 is 2.00 bits per heavy atom. The Labute approximate surface area is 136 Å². The van der Waals surface area contributed by atoms with Crippen molar-refractivity contribution in [3.63, 3.8) is 0 Å². The number of ether oxygens (including phenoxy) is 1. The molecule has 6 heteroatoms. The number of nitrogens with one attached hydrogen (secondary N) is 1. The van der Waals surface area contributed by atoms with Crippen LogP contribution in [0.2, 0.25) is 0 Å². The molecule has 126 valence electrons. The molecule has 0 heterocycles. The summed E-state index contributed by atoms with van der Waals surface area (Å²) in [6.07, 6.45) is 5.32. The van der Waals surface area contributed by atoms with Crippen molar-refractivity contribution in [2.24, 2.45) is 0 Å². The van der Waals surface area contributed by atoms with Gasteiger partial charge in [-0.1, -0.05) is 18.6 Å². The molecular weight excluding hydrogens is 296 g/mol. The molecule has 0 unspecified atom stereocenters. The van der Waals surface area contributed by atoms with E-state index in [1.165, 1.54) is 13.5 Å². The number of para-hydroxylation sites is 2. The Morgan fingerprint density at radius 1 is 1.30 bits per heavy atom. The third-order valence-corrected chi connectivity index (χ3v) is 4.24. The molecule has 1 amide bonds. The molecule has 1 aromatic carbocycles. The fourth-order valence-electron chi connectivity index (χ4n) is 3.03. The van der Waals surface area contributed by atoms with Gasteiger partial charge >= 0.3 is 0 Å². The van der Waals surface area contributed by atoms with Gasteiger partial charge in [-0.3, -0.25) is 4.79 Å². The fraction of sp³-hybridized carbons (Fsp3) is 0.529. The van der Waals surface area contributed by atoms with Crippen LogP contribution in [0.5, 0.6) is 5.75 Å². The van der Waals surface area contributed by atoms with E-state index in [0.29, 0.717) is 11.4 Å². The quantitative estimate of drug-likeness (QED) is 0.741. The number of hydrogen-bond acceptors (Lipinski definition) is 4. The van der Waals surface area contributed by atoms with Crippen molar-refractivity contribution in [1.82, 2.24) is 0 Å². The van der Waals surface area contributed by atoms with Gasteiger partial charge in [-0.15, -0.1) is 0 Å². The second-order valence-corrected chi connectivity index (χ2v) is 5.97. The van der Waals surface area contributed by atoms with Gasteiger partial charge in [-0.05, 0) is 37.8 Å². The van der Waals surface area contributed by atoms with Gasteiger partial charge in [0.2, 0.25) is 5.91 Å². The van der Waals surface area contributed by atoms with Crippen LogP contribution >= 0.6 is 0 Å². The maximum atomic E-state index is 12.2. The zero-order valence-electron chi connectivity index (χ0n) is 13.4. The molecule has 1 fully saturated rings. The van der Waals surface area contributed by atoms with Crippen molar-refractivity contribution >= 4 is 17.6 Å². The lowest BCUT2D eigenvalue weighted by Crippen LogP contribution is -2.98. The van der Waals surface area contributed by atoms with Crippen molar-refractivity contribution in [3.8, 4) is 5.75 Å². The Bertz CT molecular complexity index is 541. The van der Waals surface area contributed by atoms with Gasteiger partial charge in [0.25, 0.3) is 0 Å². The van der Waals surface area contributed by atoms with E-state index in [0.717, 1.165) is 25.7 Å². The fourth-order valence-corrected chi connectivity index (χ4v) is 3.03. The molecule has 0 radical (unpaired) electrons. The first-order valence-electron chi connectivity index (χ1n) is 8.09. The number of carboxylic acids is 1. The van der Waals surface area contributed by atoms with Crippen LogP contribution in [0.4, 0.5) is 5.69 Å². The van der Waals surface area contributed by atoms with E-state index in [9.17, 15) is 14.7 Å². The van der Waals surface area contributed by atoms with Gasteiger partial charge < -0.3 is 25.3 Å². The molecule has 1 aromatic rings. The minimum absolute atomic E-state index is 0.114. The highest BCUT2D eigenvalue weighted by molar-refractivity contribution is 5.94. The smallest absolute Gasteiger partial charge is 0.230 e. The Kier molecular flexibility index (Phi) is 6.40. The molecule has 3 N–H and O–H groups in total. The molecule has 0 aromatic heterocycles. The van der Waals surface area contributed by atoms with Crippen LogP contribution < -0.4 is 20.5 Å². The second-order valence-electron chi connectivity index (χ2n) is 5.97. The Morgan fingerprint density at radius 3 is 2.65 bits per heavy atom. The van der Waals surface area contributed by atoms with E-state index in [1.54, 1.807) is 29.6 Å². The first-order valence-corrected chi connectivity index (χ1v) is 8.09. The highest BCUT2D eigenvalue weighted by atomic mass is 16.5. The average molecular weight is 320 g/mol. The molecule has 2 rings (SSSR count). The van der Waals surface area contributed by atoms with Crippen molar-refractivity contribution in [2.45, 2.75) is 50.6 Å². The molecule has 23 heavy (non-hydrogen) atoms. The molecule has 1 aliphatic carbocycles. The van der Waals surface area contributed by atoms with E-state index >= 15 is 0 Å². The maximum absolute atomic E-state index is 12.2. The number of amides is 1. The molecule has 1 aliphatic rings. The minimum Gasteiger partial charge on any atom is -0.544 e. The summed E-state index contributed by atoms with van der Waals surface area (Å²) in [6, 6.07) is 6.45. The van der Waals surface area contributed by atoms with E-state index in [-0.39, 0.29) is 18.4 Å². The van der Waals surface area contributed by atoms with Gasteiger partial charge in [0.1, 0.15) is 11.8 Å². The summed E-state index contributed by atoms with van der Waals surface area (Å²) in [7, 11) is 1.52. The summed E-state index contributed by atoms with van der Waals surface area (Å²) >= 11 is 0. The predicted octanol–water partition coefficient (Wildman–Crippen LogP) is 0.0384. The van der Waals surface area contributed by atoms with E-state index in [1.807, 2.05) is 0 Å². The normalized spacial score (nSPS) is 16.6. The molecule has 0 saturated heterocycles. The van der Waals surface area contributed by atoms with Crippen molar-refractivity contribution in [3.05, 3.63) is 24.3 Å². The topological polar surface area (TPSA) is 95.1 Å². The van der Waals surface area contributed by atoms with Gasteiger partial charge in [0.15, 0.2) is 0 Å². The number of carbonyl (C=O) groups is 2. The summed E-state index contributed by atoms with van der Waals surface area (Å²) in [5.74, 6) is -0.997. The average Bonchev–Trinajstić information content (AvgIpc) is 2.55. The third-order valence-electron chi connectivity index (χ3n) is 4.24. The number of benzene rings is 1. The monoisotopic (exact) mass is 320 g/mol. The largest absolute Gasteiger partial charge is 0.544 e. The Hall–Kier alpha value is -2.08. The Balaban J connectivity index is 1.93. The van der Waals surface area contributed by atoms with Crippen LogP contribution in [0.1, 0.15) is 38.5 Å². The van der Waals surface area contributed by atoms with Gasteiger partial charge in [0.05, 0.1) is 31.2 Å². The van der Waals surface area contributed by atoms with Crippen LogP contribution in [0, 0.1) is 0 Å².